The maximum absolute atomic E-state index is 14.0. The summed E-state index contributed by atoms with van der Waals surface area (Å²) in [4.78, 5) is 27.5. The van der Waals surface area contributed by atoms with Gasteiger partial charge in [-0.25, -0.2) is 0 Å². The van der Waals surface area contributed by atoms with Crippen LogP contribution in [0.3, 0.4) is 0 Å². The Kier molecular flexibility index (Phi) is 10.1. The molecule has 0 aliphatic carbocycles. The van der Waals surface area contributed by atoms with Crippen LogP contribution in [-0.2, 0) is 14.1 Å². The number of rotatable bonds is 10. The van der Waals surface area contributed by atoms with Gasteiger partial charge in [0.05, 0.1) is 6.61 Å². The first kappa shape index (κ1) is 29.5. The first-order valence-electron chi connectivity index (χ1n) is 12.1. The first-order valence-corrected chi connectivity index (χ1v) is 12.9. The summed E-state index contributed by atoms with van der Waals surface area (Å²) in [6.07, 6.45) is 1.87. The molecule has 0 radical (unpaired) electrons. The van der Waals surface area contributed by atoms with Crippen molar-refractivity contribution in [2.75, 3.05) is 6.61 Å². The highest BCUT2D eigenvalue weighted by Crippen LogP contribution is 2.40. The van der Waals surface area contributed by atoms with E-state index >= 15 is 0 Å². The zero-order valence-corrected chi connectivity index (χ0v) is 23.6. The predicted octanol–water partition coefficient (Wildman–Crippen LogP) is 7.90. The van der Waals surface area contributed by atoms with Crippen molar-refractivity contribution in [1.29, 1.82) is 0 Å². The fourth-order valence-electron chi connectivity index (χ4n) is 5.19. The van der Waals surface area contributed by atoms with Gasteiger partial charge in [-0.3, -0.25) is 14.2 Å². The van der Waals surface area contributed by atoms with E-state index in [0.29, 0.717) is 5.56 Å². The molecule has 0 N–H and O–H groups in total. The molecule has 0 bridgehead atoms. The fourth-order valence-corrected chi connectivity index (χ4v) is 5.91. The van der Waals surface area contributed by atoms with Crippen molar-refractivity contribution in [3.05, 3.63) is 34.4 Å². The highest BCUT2D eigenvalue weighted by Gasteiger charge is 2.51. The van der Waals surface area contributed by atoms with E-state index in [1.807, 2.05) is 46.8 Å². The molecule has 0 heterocycles. The lowest BCUT2D eigenvalue weighted by Gasteiger charge is -2.31. The average Bonchev–Trinajstić information content (AvgIpc) is 2.60. The molecule has 4 nitrogen and oxygen atoms in total. The van der Waals surface area contributed by atoms with Crippen LogP contribution >= 0.6 is 8.46 Å². The lowest BCUT2D eigenvalue weighted by atomic mass is 9.78. The van der Waals surface area contributed by atoms with Gasteiger partial charge >= 0.3 is 5.97 Å². The van der Waals surface area contributed by atoms with Gasteiger partial charge in [0.2, 0.25) is 5.16 Å². The largest absolute Gasteiger partial charge is 0.464 e. The highest BCUT2D eigenvalue weighted by molar-refractivity contribution is 7.30. The standard InChI is InChI=1S/C28H45O4P/c1-18-12-21(4)23(22(5)13-18)24(29)28(33-31,16-19(2)14-26(6,7)8)25(30)32-17-20(3)15-27(9,10)11/h12-13,19-20H,14-17H2,1-11H3. The van der Waals surface area contributed by atoms with Crippen molar-refractivity contribution >= 4 is 20.2 Å². The third-order valence-corrected chi connectivity index (χ3v) is 6.72. The summed E-state index contributed by atoms with van der Waals surface area (Å²) in [6.45, 7) is 22.8. The van der Waals surface area contributed by atoms with E-state index in [-0.39, 0.29) is 35.7 Å². The number of ether oxygens (including phenoxy) is 1. The van der Waals surface area contributed by atoms with Crippen LogP contribution in [0.1, 0.15) is 102 Å². The van der Waals surface area contributed by atoms with Gasteiger partial charge in [-0.05, 0) is 73.8 Å². The smallest absolute Gasteiger partial charge is 0.331 e. The second-order valence-corrected chi connectivity index (χ2v) is 13.5. The Morgan fingerprint density at radius 1 is 0.848 bits per heavy atom. The highest BCUT2D eigenvalue weighted by atomic mass is 31.1. The Balaban J connectivity index is 3.39. The molecule has 1 aromatic carbocycles. The Labute approximate surface area is 203 Å². The number of esters is 1. The van der Waals surface area contributed by atoms with Gasteiger partial charge in [-0.1, -0.05) is 73.1 Å². The minimum Gasteiger partial charge on any atom is -0.464 e. The van der Waals surface area contributed by atoms with Gasteiger partial charge in [0, 0.05) is 5.56 Å². The summed E-state index contributed by atoms with van der Waals surface area (Å²) >= 11 is 0. The van der Waals surface area contributed by atoms with E-state index in [0.717, 1.165) is 29.5 Å². The van der Waals surface area contributed by atoms with E-state index in [4.69, 9.17) is 4.74 Å². The molecular formula is C28H45O4P. The number of Topliss-reactive ketones (excluding diaryl/α,β-unsaturated/α-hetero) is 1. The number of ketones is 1. The summed E-state index contributed by atoms with van der Waals surface area (Å²) in [6, 6.07) is 3.87. The monoisotopic (exact) mass is 476 g/mol. The average molecular weight is 477 g/mol. The van der Waals surface area contributed by atoms with Crippen molar-refractivity contribution < 1.29 is 18.9 Å². The summed E-state index contributed by atoms with van der Waals surface area (Å²) in [5.41, 5.74) is 3.24. The Bertz CT molecular complexity index is 837. The molecule has 5 heteroatoms. The summed E-state index contributed by atoms with van der Waals surface area (Å²) < 4.78 is 18.4. The molecule has 1 aromatic rings. The SMILES string of the molecule is Cc1cc(C)c(C(=O)C(CC(C)CC(C)(C)C)(P=O)C(=O)OCC(C)CC(C)(C)C)c(C)c1. The normalized spacial score (nSPS) is 16.2. The van der Waals surface area contributed by atoms with Crippen LogP contribution in [0.2, 0.25) is 0 Å². The Morgan fingerprint density at radius 3 is 1.73 bits per heavy atom. The molecule has 0 aromatic heterocycles. The molecule has 3 unspecified atom stereocenters. The number of carbonyl (C=O) groups excluding carboxylic acids is 2. The molecular weight excluding hydrogens is 431 g/mol. The minimum atomic E-state index is -1.74. The molecule has 0 saturated heterocycles. The van der Waals surface area contributed by atoms with Gasteiger partial charge in [0.15, 0.2) is 14.2 Å². The molecule has 0 aliphatic heterocycles. The van der Waals surface area contributed by atoms with Gasteiger partial charge in [-0.15, -0.1) is 0 Å². The summed E-state index contributed by atoms with van der Waals surface area (Å²) in [5.74, 6) is -0.922. The van der Waals surface area contributed by atoms with E-state index in [1.54, 1.807) is 0 Å². The molecule has 1 rings (SSSR count). The van der Waals surface area contributed by atoms with Crippen molar-refractivity contribution in [2.45, 2.75) is 101 Å². The first-order chi connectivity index (χ1) is 14.9. The van der Waals surface area contributed by atoms with E-state index in [2.05, 4.69) is 41.5 Å². The second kappa shape index (κ2) is 11.3. The van der Waals surface area contributed by atoms with Crippen LogP contribution in [0, 0.1) is 43.4 Å². The molecule has 33 heavy (non-hydrogen) atoms. The Morgan fingerprint density at radius 2 is 1.30 bits per heavy atom. The van der Waals surface area contributed by atoms with Crippen LogP contribution in [-0.4, -0.2) is 23.5 Å². The quantitative estimate of drug-likeness (QED) is 0.149. The lowest BCUT2D eigenvalue weighted by Crippen LogP contribution is -2.45. The van der Waals surface area contributed by atoms with Gasteiger partial charge in [-0.2, -0.15) is 0 Å². The predicted molar refractivity (Wildman–Crippen MR) is 137 cm³/mol. The van der Waals surface area contributed by atoms with E-state index in [9.17, 15) is 14.2 Å². The van der Waals surface area contributed by atoms with Gasteiger partial charge in [0.25, 0.3) is 0 Å². The Hall–Kier alpha value is -1.54. The van der Waals surface area contributed by atoms with Crippen molar-refractivity contribution in [3.8, 4) is 0 Å². The van der Waals surface area contributed by atoms with Crippen LogP contribution < -0.4 is 0 Å². The van der Waals surface area contributed by atoms with Crippen molar-refractivity contribution in [2.24, 2.45) is 22.7 Å². The molecule has 0 amide bonds. The third-order valence-electron chi connectivity index (χ3n) is 5.84. The maximum atomic E-state index is 14.0. The van der Waals surface area contributed by atoms with Crippen LogP contribution in [0.4, 0.5) is 0 Å². The summed E-state index contributed by atoms with van der Waals surface area (Å²) in [7, 11) is -0.506. The number of carbonyl (C=O) groups is 2. The number of benzene rings is 1. The van der Waals surface area contributed by atoms with Crippen LogP contribution in [0.15, 0.2) is 12.1 Å². The minimum absolute atomic E-state index is 0.0148. The van der Waals surface area contributed by atoms with Gasteiger partial charge in [0.1, 0.15) is 0 Å². The van der Waals surface area contributed by atoms with Gasteiger partial charge < -0.3 is 4.74 Å². The molecule has 0 spiro atoms. The molecule has 0 saturated carbocycles. The topological polar surface area (TPSA) is 60.4 Å². The number of aryl methyl sites for hydroxylation is 3. The fraction of sp³-hybridized carbons (Fsp3) is 0.714. The number of hydrogen-bond donors (Lipinski definition) is 0. The zero-order chi connectivity index (χ0) is 25.8. The second-order valence-electron chi connectivity index (χ2n) is 12.6. The van der Waals surface area contributed by atoms with E-state index in [1.165, 1.54) is 0 Å². The maximum Gasteiger partial charge on any atom is 0.331 e. The number of hydrogen-bond acceptors (Lipinski definition) is 4. The lowest BCUT2D eigenvalue weighted by molar-refractivity contribution is -0.147. The van der Waals surface area contributed by atoms with Crippen LogP contribution in [0.5, 0.6) is 0 Å². The molecule has 3 atom stereocenters. The summed E-state index contributed by atoms with van der Waals surface area (Å²) in [5, 5.41) is -1.74. The van der Waals surface area contributed by atoms with Crippen molar-refractivity contribution in [3.63, 3.8) is 0 Å². The molecule has 0 fully saturated rings. The van der Waals surface area contributed by atoms with Crippen LogP contribution in [0.25, 0.3) is 0 Å². The molecule has 0 aliphatic rings. The zero-order valence-electron chi connectivity index (χ0n) is 22.7. The molecule has 186 valence electrons. The van der Waals surface area contributed by atoms with E-state index < -0.39 is 25.4 Å². The third kappa shape index (κ3) is 8.63. The van der Waals surface area contributed by atoms with Crippen molar-refractivity contribution in [1.82, 2.24) is 0 Å².